The van der Waals surface area contributed by atoms with E-state index in [-0.39, 0.29) is 25.5 Å². The number of fused-ring (bicyclic) bond motifs is 1. The first-order valence-corrected chi connectivity index (χ1v) is 13.1. The minimum absolute atomic E-state index is 0.177. The molecule has 2 heterocycles. The number of carbonyl (C=O) groups excluding carboxylic acids is 1. The molecule has 0 aliphatic heterocycles. The lowest BCUT2D eigenvalue weighted by Crippen LogP contribution is -2.18. The Labute approximate surface area is 239 Å². The van der Waals surface area contributed by atoms with Crippen molar-refractivity contribution >= 4 is 39.9 Å². The second-order valence-corrected chi connectivity index (χ2v) is 9.51. The van der Waals surface area contributed by atoms with Gasteiger partial charge in [0.2, 0.25) is 5.91 Å². The Morgan fingerprint density at radius 2 is 1.93 bits per heavy atom. The molecule has 0 atom stereocenters. The van der Waals surface area contributed by atoms with Crippen molar-refractivity contribution in [1.82, 2.24) is 15.4 Å². The van der Waals surface area contributed by atoms with Crippen molar-refractivity contribution in [2.75, 3.05) is 11.9 Å². The highest BCUT2D eigenvalue weighted by Gasteiger charge is 2.11. The van der Waals surface area contributed by atoms with Crippen molar-refractivity contribution < 1.29 is 28.3 Å². The van der Waals surface area contributed by atoms with E-state index in [1.165, 1.54) is 18.5 Å². The molecule has 3 aromatic carbocycles. The number of nitrogens with one attached hydrogen (secondary N) is 2. The summed E-state index contributed by atoms with van der Waals surface area (Å²) in [6.45, 7) is 0.802. The van der Waals surface area contributed by atoms with Crippen molar-refractivity contribution in [3.8, 4) is 17.1 Å². The molecule has 0 fully saturated rings. The molecule has 0 aliphatic rings. The van der Waals surface area contributed by atoms with E-state index in [1.54, 1.807) is 29.7 Å². The number of hydrogen-bond donors (Lipinski definition) is 3. The van der Waals surface area contributed by atoms with Crippen LogP contribution in [-0.4, -0.2) is 27.7 Å². The van der Waals surface area contributed by atoms with Gasteiger partial charge in [-0.15, -0.1) is 0 Å². The lowest BCUT2D eigenvalue weighted by Gasteiger charge is -2.12. The molecular formula is C30H26ClFN4O5. The van der Waals surface area contributed by atoms with E-state index in [4.69, 9.17) is 30.7 Å². The number of ether oxygens (including phenoxy) is 2. The Kier molecular flexibility index (Phi) is 9.05. The molecule has 5 rings (SSSR count). The van der Waals surface area contributed by atoms with Gasteiger partial charge in [0.05, 0.1) is 10.5 Å². The predicted octanol–water partition coefficient (Wildman–Crippen LogP) is 6.81. The summed E-state index contributed by atoms with van der Waals surface area (Å²) >= 11 is 6.47. The number of rotatable bonds is 12. The minimum atomic E-state index is -0.449. The van der Waals surface area contributed by atoms with Gasteiger partial charge in [0.15, 0.2) is 0 Å². The van der Waals surface area contributed by atoms with Crippen LogP contribution in [0.15, 0.2) is 83.5 Å². The second-order valence-electron chi connectivity index (χ2n) is 9.10. The molecular weight excluding hydrogens is 551 g/mol. The molecule has 11 heteroatoms. The molecule has 0 saturated heterocycles. The van der Waals surface area contributed by atoms with E-state index >= 15 is 0 Å². The highest BCUT2D eigenvalue weighted by molar-refractivity contribution is 6.32. The number of hydroxylamine groups is 1. The third-order valence-corrected chi connectivity index (χ3v) is 6.42. The predicted molar refractivity (Wildman–Crippen MR) is 152 cm³/mol. The summed E-state index contributed by atoms with van der Waals surface area (Å²) in [5.74, 6) is 1.59. The van der Waals surface area contributed by atoms with Gasteiger partial charge in [-0.2, -0.15) is 0 Å². The standard InChI is InChI=1S/C30H26ClFN4O5/c31-25-15-22(7-10-28(25)40-16-19-3-1-4-21(32)13-19)35-30-24-14-20(6-9-26(24)33-18-34-30)27-11-8-23(41-27)17-39-12-2-5-29(37)36-38/h1,3-4,6-11,13-15,18,38H,2,5,12,16-17H2,(H,36,37)(H,33,34,35). The number of amides is 1. The number of hydrogen-bond acceptors (Lipinski definition) is 8. The quantitative estimate of drug-likeness (QED) is 0.0842. The molecule has 41 heavy (non-hydrogen) atoms. The van der Waals surface area contributed by atoms with E-state index in [0.29, 0.717) is 52.4 Å². The molecule has 1 amide bonds. The van der Waals surface area contributed by atoms with Crippen LogP contribution in [0, 0.1) is 5.82 Å². The fourth-order valence-electron chi connectivity index (χ4n) is 4.10. The van der Waals surface area contributed by atoms with Crippen LogP contribution in [0.4, 0.5) is 15.9 Å². The van der Waals surface area contributed by atoms with Crippen LogP contribution in [-0.2, 0) is 22.7 Å². The Morgan fingerprint density at radius 3 is 2.76 bits per heavy atom. The fraction of sp³-hybridized carbons (Fsp3) is 0.167. The molecule has 3 N–H and O–H groups in total. The SMILES string of the molecule is O=C(CCCOCc1ccc(-c2ccc3ncnc(Nc4ccc(OCc5cccc(F)c5)c(Cl)c4)c3c2)o1)NO. The van der Waals surface area contributed by atoms with Gasteiger partial charge in [0.25, 0.3) is 0 Å². The van der Waals surface area contributed by atoms with E-state index in [0.717, 1.165) is 16.5 Å². The maximum absolute atomic E-state index is 13.4. The van der Waals surface area contributed by atoms with Crippen molar-refractivity contribution in [3.63, 3.8) is 0 Å². The molecule has 0 radical (unpaired) electrons. The van der Waals surface area contributed by atoms with E-state index < -0.39 is 5.91 Å². The Hall–Kier alpha value is -4.51. The smallest absolute Gasteiger partial charge is 0.243 e. The van der Waals surface area contributed by atoms with Gasteiger partial charge in [-0.25, -0.2) is 19.8 Å². The van der Waals surface area contributed by atoms with Crippen LogP contribution in [0.25, 0.3) is 22.2 Å². The van der Waals surface area contributed by atoms with Crippen molar-refractivity contribution in [3.05, 3.63) is 101 Å². The maximum Gasteiger partial charge on any atom is 0.243 e. The van der Waals surface area contributed by atoms with Crippen molar-refractivity contribution in [2.24, 2.45) is 0 Å². The Balaban J connectivity index is 1.26. The minimum Gasteiger partial charge on any atom is -0.487 e. The zero-order valence-electron chi connectivity index (χ0n) is 21.8. The number of furan rings is 1. The third-order valence-electron chi connectivity index (χ3n) is 6.12. The van der Waals surface area contributed by atoms with Gasteiger partial charge < -0.3 is 19.2 Å². The van der Waals surface area contributed by atoms with Gasteiger partial charge in [-0.05, 0) is 72.6 Å². The normalized spacial score (nSPS) is 11.0. The Bertz CT molecular complexity index is 1660. The number of halogens is 2. The first-order valence-electron chi connectivity index (χ1n) is 12.8. The highest BCUT2D eigenvalue weighted by atomic mass is 35.5. The summed E-state index contributed by atoms with van der Waals surface area (Å²) in [7, 11) is 0. The first-order chi connectivity index (χ1) is 20.0. The van der Waals surface area contributed by atoms with Gasteiger partial charge in [0.1, 0.15) is 48.4 Å². The topological polar surface area (TPSA) is 119 Å². The van der Waals surface area contributed by atoms with E-state index in [2.05, 4.69) is 15.3 Å². The zero-order valence-corrected chi connectivity index (χ0v) is 22.5. The summed E-state index contributed by atoms with van der Waals surface area (Å²) in [5, 5.41) is 13.0. The average Bonchev–Trinajstić information content (AvgIpc) is 3.45. The molecule has 9 nitrogen and oxygen atoms in total. The van der Waals surface area contributed by atoms with Gasteiger partial charge in [-0.3, -0.25) is 10.0 Å². The third kappa shape index (κ3) is 7.37. The molecule has 0 spiro atoms. The number of nitrogens with zero attached hydrogens (tertiary/aromatic N) is 2. The van der Waals surface area contributed by atoms with Crippen molar-refractivity contribution in [2.45, 2.75) is 26.1 Å². The lowest BCUT2D eigenvalue weighted by molar-refractivity contribution is -0.129. The first kappa shape index (κ1) is 28.0. The summed E-state index contributed by atoms with van der Waals surface area (Å²) < 4.78 is 30.7. The molecule has 5 aromatic rings. The molecule has 210 valence electrons. The average molecular weight is 577 g/mol. The van der Waals surface area contributed by atoms with Crippen LogP contribution in [0.1, 0.15) is 24.2 Å². The van der Waals surface area contributed by atoms with E-state index in [1.807, 2.05) is 36.4 Å². The number of benzene rings is 3. The van der Waals surface area contributed by atoms with Crippen LogP contribution < -0.4 is 15.5 Å². The van der Waals surface area contributed by atoms with Crippen LogP contribution in [0.5, 0.6) is 5.75 Å². The molecule has 0 aliphatic carbocycles. The van der Waals surface area contributed by atoms with E-state index in [9.17, 15) is 9.18 Å². The monoisotopic (exact) mass is 576 g/mol. The lowest BCUT2D eigenvalue weighted by atomic mass is 10.1. The highest BCUT2D eigenvalue weighted by Crippen LogP contribution is 2.33. The molecule has 2 aromatic heterocycles. The molecule has 0 bridgehead atoms. The van der Waals surface area contributed by atoms with Gasteiger partial charge in [-0.1, -0.05) is 23.7 Å². The number of carbonyl (C=O) groups is 1. The van der Waals surface area contributed by atoms with Gasteiger partial charge in [0, 0.05) is 29.7 Å². The molecule has 0 saturated carbocycles. The van der Waals surface area contributed by atoms with Crippen molar-refractivity contribution in [1.29, 1.82) is 0 Å². The fourth-order valence-corrected chi connectivity index (χ4v) is 4.34. The Morgan fingerprint density at radius 1 is 1.02 bits per heavy atom. The summed E-state index contributed by atoms with van der Waals surface area (Å²) in [6, 6.07) is 20.9. The van der Waals surface area contributed by atoms with Crippen LogP contribution in [0.3, 0.4) is 0 Å². The zero-order chi connectivity index (χ0) is 28.6. The van der Waals surface area contributed by atoms with Crippen LogP contribution in [0.2, 0.25) is 5.02 Å². The maximum atomic E-state index is 13.4. The summed E-state index contributed by atoms with van der Waals surface area (Å²) in [5.41, 5.74) is 4.57. The van der Waals surface area contributed by atoms with Gasteiger partial charge >= 0.3 is 0 Å². The second kappa shape index (κ2) is 13.2. The largest absolute Gasteiger partial charge is 0.487 e. The molecule has 0 unspecified atom stereocenters. The number of aromatic nitrogens is 2. The summed E-state index contributed by atoms with van der Waals surface area (Å²) in [6.07, 6.45) is 2.14. The number of anilines is 2. The summed E-state index contributed by atoms with van der Waals surface area (Å²) in [4.78, 5) is 19.9. The van der Waals surface area contributed by atoms with Crippen LogP contribution >= 0.6 is 11.6 Å².